The number of hydrogen-bond donors (Lipinski definition) is 1. The smallest absolute Gasteiger partial charge is 0.121 e. The summed E-state index contributed by atoms with van der Waals surface area (Å²) in [5, 5.41) is 2.79. The van der Waals surface area contributed by atoms with E-state index in [-0.39, 0.29) is 0 Å². The van der Waals surface area contributed by atoms with Crippen LogP contribution in [-0.4, -0.2) is 26.0 Å². The SMILES string of the molecule is C[Si](C)(C)N[Si](C)(C)C.c1ccc([Si]c2ccccc2)cc1. The van der Waals surface area contributed by atoms with Gasteiger partial charge in [-0.2, -0.15) is 0 Å². The molecule has 2 aromatic rings. The van der Waals surface area contributed by atoms with Gasteiger partial charge in [-0.05, 0) is 0 Å². The Hall–Kier alpha value is -0.949. The fourth-order valence-corrected chi connectivity index (χ4v) is 12.4. The van der Waals surface area contributed by atoms with E-state index < -0.39 is 16.5 Å². The van der Waals surface area contributed by atoms with Crippen molar-refractivity contribution >= 4 is 36.4 Å². The second kappa shape index (κ2) is 8.62. The fraction of sp³-hybridized carbons (Fsp3) is 0.333. The van der Waals surface area contributed by atoms with Crippen molar-refractivity contribution in [1.82, 2.24) is 4.65 Å². The molecule has 4 heteroatoms. The molecular formula is C18H29NSi3. The normalized spacial score (nSPS) is 11.5. The average molecular weight is 344 g/mol. The van der Waals surface area contributed by atoms with Gasteiger partial charge in [0.05, 0.1) is 0 Å². The molecule has 118 valence electrons. The molecular weight excluding hydrogens is 314 g/mol. The van der Waals surface area contributed by atoms with Gasteiger partial charge < -0.3 is 4.65 Å². The van der Waals surface area contributed by atoms with Gasteiger partial charge in [0.1, 0.15) is 26.0 Å². The molecule has 0 spiro atoms. The van der Waals surface area contributed by atoms with Crippen molar-refractivity contribution in [2.24, 2.45) is 0 Å². The molecule has 0 atom stereocenters. The maximum absolute atomic E-state index is 3.74. The van der Waals surface area contributed by atoms with Gasteiger partial charge in [-0.3, -0.25) is 0 Å². The van der Waals surface area contributed by atoms with Gasteiger partial charge in [0.2, 0.25) is 0 Å². The van der Waals surface area contributed by atoms with E-state index in [0.717, 1.165) is 9.52 Å². The van der Waals surface area contributed by atoms with Gasteiger partial charge in [-0.15, -0.1) is 0 Å². The highest BCUT2D eigenvalue weighted by Crippen LogP contribution is 2.02. The second-order valence-corrected chi connectivity index (χ2v) is 18.9. The zero-order valence-corrected chi connectivity index (χ0v) is 17.8. The van der Waals surface area contributed by atoms with E-state index >= 15 is 0 Å². The topological polar surface area (TPSA) is 12.0 Å². The van der Waals surface area contributed by atoms with E-state index in [1.165, 1.54) is 10.4 Å². The predicted molar refractivity (Wildman–Crippen MR) is 108 cm³/mol. The fourth-order valence-electron chi connectivity index (χ4n) is 2.33. The van der Waals surface area contributed by atoms with Crippen molar-refractivity contribution in [3.05, 3.63) is 60.7 Å². The maximum Gasteiger partial charge on any atom is 0.121 e. The molecule has 1 N–H and O–H groups in total. The minimum absolute atomic E-state index is 0.777. The maximum atomic E-state index is 3.74. The van der Waals surface area contributed by atoms with Gasteiger partial charge in [0, 0.05) is 0 Å². The molecule has 0 bridgehead atoms. The Bertz CT molecular complexity index is 478. The first kappa shape index (κ1) is 19.1. The van der Waals surface area contributed by atoms with Crippen LogP contribution in [0.1, 0.15) is 0 Å². The lowest BCUT2D eigenvalue weighted by Gasteiger charge is -2.28. The third-order valence-electron chi connectivity index (χ3n) is 2.59. The lowest BCUT2D eigenvalue weighted by molar-refractivity contribution is 1.30. The highest BCUT2D eigenvalue weighted by atomic mass is 28.4. The first-order valence-corrected chi connectivity index (χ1v) is 15.8. The Morgan fingerprint density at radius 3 is 1.14 bits per heavy atom. The van der Waals surface area contributed by atoms with Crippen LogP contribution in [0, 0.1) is 0 Å². The Balaban J connectivity index is 0.000000239. The lowest BCUT2D eigenvalue weighted by Crippen LogP contribution is -2.55. The number of hydrogen-bond acceptors (Lipinski definition) is 1. The van der Waals surface area contributed by atoms with Gasteiger partial charge in [0.25, 0.3) is 0 Å². The zero-order chi connectivity index (χ0) is 16.6. The molecule has 0 saturated carbocycles. The highest BCUT2D eigenvalue weighted by molar-refractivity contribution is 6.90. The lowest BCUT2D eigenvalue weighted by atomic mass is 10.4. The third kappa shape index (κ3) is 9.89. The molecule has 22 heavy (non-hydrogen) atoms. The summed E-state index contributed by atoms with van der Waals surface area (Å²) in [4.78, 5) is 0. The van der Waals surface area contributed by atoms with E-state index in [0.29, 0.717) is 0 Å². The van der Waals surface area contributed by atoms with Crippen LogP contribution in [-0.2, 0) is 0 Å². The molecule has 0 heterocycles. The molecule has 0 aliphatic rings. The minimum Gasteiger partial charge on any atom is -0.360 e. The number of nitrogens with one attached hydrogen (secondary N) is 1. The third-order valence-corrected chi connectivity index (χ3v) is 9.83. The Morgan fingerprint density at radius 1 is 0.591 bits per heavy atom. The van der Waals surface area contributed by atoms with Crippen LogP contribution in [0.5, 0.6) is 0 Å². The Labute approximate surface area is 141 Å². The summed E-state index contributed by atoms with van der Waals surface area (Å²) in [5.74, 6) is 0. The van der Waals surface area contributed by atoms with Crippen molar-refractivity contribution in [2.75, 3.05) is 0 Å². The van der Waals surface area contributed by atoms with E-state index in [4.69, 9.17) is 0 Å². The molecule has 0 aliphatic carbocycles. The molecule has 0 amide bonds. The predicted octanol–water partition coefficient (Wildman–Crippen LogP) is 3.59. The standard InChI is InChI=1S/C12H10Si.C6H19NSi2/c1-3-7-11(8-4-1)13-12-9-5-2-6-10-12;1-8(2,3)7-9(4,5)6/h1-10H;7H,1-6H3. The summed E-state index contributed by atoms with van der Waals surface area (Å²) in [6.45, 7) is 14.1. The van der Waals surface area contributed by atoms with Crippen molar-refractivity contribution in [1.29, 1.82) is 0 Å². The molecule has 2 rings (SSSR count). The monoisotopic (exact) mass is 343 g/mol. The van der Waals surface area contributed by atoms with E-state index in [1.807, 2.05) is 0 Å². The van der Waals surface area contributed by atoms with Crippen molar-refractivity contribution < 1.29 is 0 Å². The van der Waals surface area contributed by atoms with E-state index in [9.17, 15) is 0 Å². The number of benzene rings is 2. The van der Waals surface area contributed by atoms with Gasteiger partial charge >= 0.3 is 0 Å². The second-order valence-electron chi connectivity index (χ2n) is 7.48. The first-order valence-electron chi connectivity index (χ1n) is 7.82. The summed E-state index contributed by atoms with van der Waals surface area (Å²) in [6.07, 6.45) is 0. The molecule has 0 aromatic heterocycles. The van der Waals surface area contributed by atoms with Crippen molar-refractivity contribution in [3.8, 4) is 0 Å². The van der Waals surface area contributed by atoms with Gasteiger partial charge in [-0.25, -0.2) is 0 Å². The van der Waals surface area contributed by atoms with Gasteiger partial charge in [-0.1, -0.05) is 110 Å². The minimum atomic E-state index is -0.981. The average Bonchev–Trinajstić information content (AvgIpc) is 2.37. The number of rotatable bonds is 4. The largest absolute Gasteiger partial charge is 0.360 e. The van der Waals surface area contributed by atoms with Crippen LogP contribution in [0.15, 0.2) is 60.7 Å². The van der Waals surface area contributed by atoms with Crippen LogP contribution in [0.3, 0.4) is 0 Å². The quantitative estimate of drug-likeness (QED) is 0.837. The Morgan fingerprint density at radius 2 is 0.909 bits per heavy atom. The molecule has 0 fully saturated rings. The highest BCUT2D eigenvalue weighted by Gasteiger charge is 2.22. The summed E-state index contributed by atoms with van der Waals surface area (Å²) in [6, 6.07) is 21.2. The van der Waals surface area contributed by atoms with E-state index in [2.05, 4.69) is 105 Å². The van der Waals surface area contributed by atoms with Crippen LogP contribution in [0.4, 0.5) is 0 Å². The van der Waals surface area contributed by atoms with Crippen molar-refractivity contribution in [2.45, 2.75) is 39.3 Å². The molecule has 0 unspecified atom stereocenters. The Kier molecular flexibility index (Phi) is 7.49. The van der Waals surface area contributed by atoms with Crippen LogP contribution in [0.25, 0.3) is 0 Å². The summed E-state index contributed by atoms with van der Waals surface area (Å²) >= 11 is 0. The summed E-state index contributed by atoms with van der Waals surface area (Å²) in [5.41, 5.74) is 0. The summed E-state index contributed by atoms with van der Waals surface area (Å²) in [7, 11) is -1.19. The van der Waals surface area contributed by atoms with E-state index in [1.54, 1.807) is 0 Å². The molecule has 0 aliphatic heterocycles. The van der Waals surface area contributed by atoms with Crippen LogP contribution < -0.4 is 15.0 Å². The van der Waals surface area contributed by atoms with Crippen LogP contribution >= 0.6 is 0 Å². The van der Waals surface area contributed by atoms with Crippen LogP contribution in [0.2, 0.25) is 39.3 Å². The molecule has 2 aromatic carbocycles. The molecule has 1 nitrogen and oxygen atoms in total. The molecule has 0 saturated heterocycles. The van der Waals surface area contributed by atoms with Gasteiger partial charge in [0.15, 0.2) is 0 Å². The molecule has 2 radical (unpaired) electrons. The zero-order valence-electron chi connectivity index (χ0n) is 14.8. The van der Waals surface area contributed by atoms with Crippen molar-refractivity contribution in [3.63, 3.8) is 0 Å². The summed E-state index contributed by atoms with van der Waals surface area (Å²) < 4.78 is 3.74. The first-order chi connectivity index (χ1) is 10.2.